The van der Waals surface area contributed by atoms with Crippen molar-refractivity contribution in [2.45, 2.75) is 6.10 Å². The first kappa shape index (κ1) is 17.0. The van der Waals surface area contributed by atoms with Crippen LogP contribution in [0.4, 0.5) is 20.6 Å². The van der Waals surface area contributed by atoms with Gasteiger partial charge >= 0.3 is 12.0 Å². The molecule has 0 aliphatic carbocycles. The second-order valence-corrected chi connectivity index (χ2v) is 5.67. The lowest BCUT2D eigenvalue weighted by Crippen LogP contribution is -2.36. The van der Waals surface area contributed by atoms with Gasteiger partial charge in [-0.15, -0.1) is 0 Å². The Morgan fingerprint density at radius 3 is 2.84 bits per heavy atom. The molecule has 1 N–H and O–H groups in total. The number of nitrogens with one attached hydrogen (secondary N) is 1. The van der Waals surface area contributed by atoms with Crippen LogP contribution in [0, 0.1) is 17.1 Å². The second-order valence-electron chi connectivity index (χ2n) is 5.67. The summed E-state index contributed by atoms with van der Waals surface area (Å²) in [5, 5.41) is 10.8. The second kappa shape index (κ2) is 7.36. The van der Waals surface area contributed by atoms with E-state index in [2.05, 4.69) is 5.32 Å². The summed E-state index contributed by atoms with van der Waals surface area (Å²) in [6.45, 7) is 2.53. The maximum absolute atomic E-state index is 14.5. The average molecular weight is 348 g/mol. The van der Waals surface area contributed by atoms with E-state index < -0.39 is 23.9 Å². The fourth-order valence-corrected chi connectivity index (χ4v) is 2.81. The van der Waals surface area contributed by atoms with Crippen LogP contribution in [0.2, 0.25) is 0 Å². The quantitative estimate of drug-likeness (QED) is 0.802. The zero-order valence-corrected chi connectivity index (χ0v) is 13.4. The lowest BCUT2D eigenvalue weighted by molar-refractivity contribution is -0.116. The van der Waals surface area contributed by atoms with Crippen molar-refractivity contribution in [3.05, 3.63) is 24.0 Å². The minimum atomic E-state index is -0.796. The van der Waals surface area contributed by atoms with Crippen LogP contribution in [0.1, 0.15) is 0 Å². The Morgan fingerprint density at radius 2 is 2.16 bits per heavy atom. The molecular formula is C16H17FN4O4. The number of halogens is 1. The first-order valence-corrected chi connectivity index (χ1v) is 7.87. The molecule has 1 atom stereocenters. The zero-order chi connectivity index (χ0) is 17.8. The number of hydrogen-bond acceptors (Lipinski definition) is 6. The molecule has 2 aliphatic rings. The number of nitriles is 1. The molecule has 2 heterocycles. The monoisotopic (exact) mass is 348 g/mol. The third kappa shape index (κ3) is 3.80. The summed E-state index contributed by atoms with van der Waals surface area (Å²) in [6, 6.07) is 6.01. The van der Waals surface area contributed by atoms with Crippen molar-refractivity contribution in [1.82, 2.24) is 5.32 Å². The molecule has 9 heteroatoms. The first-order chi connectivity index (χ1) is 12.1. The van der Waals surface area contributed by atoms with Crippen molar-refractivity contribution in [1.29, 1.82) is 5.26 Å². The molecule has 0 spiro atoms. The molecule has 0 bridgehead atoms. The van der Waals surface area contributed by atoms with Gasteiger partial charge in [0.15, 0.2) is 6.07 Å². The fraction of sp³-hybridized carbons (Fsp3) is 0.438. The van der Waals surface area contributed by atoms with Crippen LogP contribution in [0.5, 0.6) is 0 Å². The van der Waals surface area contributed by atoms with Gasteiger partial charge in [-0.1, -0.05) is 0 Å². The van der Waals surface area contributed by atoms with E-state index in [1.54, 1.807) is 12.1 Å². The Balaban J connectivity index is 1.67. The van der Waals surface area contributed by atoms with E-state index in [-0.39, 0.29) is 13.1 Å². The smallest absolute Gasteiger partial charge is 0.414 e. The van der Waals surface area contributed by atoms with Gasteiger partial charge in [0.25, 0.3) is 0 Å². The Morgan fingerprint density at radius 1 is 1.40 bits per heavy atom. The predicted molar refractivity (Wildman–Crippen MR) is 85.7 cm³/mol. The average Bonchev–Trinajstić information content (AvgIpc) is 3.01. The van der Waals surface area contributed by atoms with Crippen molar-refractivity contribution >= 4 is 23.4 Å². The van der Waals surface area contributed by atoms with Crippen molar-refractivity contribution in [3.8, 4) is 6.07 Å². The highest BCUT2D eigenvalue weighted by atomic mass is 19.1. The Hall–Kier alpha value is -2.86. The first-order valence-electron chi connectivity index (χ1n) is 7.87. The van der Waals surface area contributed by atoms with Gasteiger partial charge in [-0.2, -0.15) is 5.26 Å². The third-order valence-corrected chi connectivity index (χ3v) is 4.06. The predicted octanol–water partition coefficient (Wildman–Crippen LogP) is 0.627. The summed E-state index contributed by atoms with van der Waals surface area (Å²) < 4.78 is 24.8. The number of carbonyl (C=O) groups is 2. The molecule has 8 nitrogen and oxygen atoms in total. The number of morpholine rings is 1. The Labute approximate surface area is 143 Å². The molecule has 1 aromatic carbocycles. The normalized spacial score (nSPS) is 20.2. The van der Waals surface area contributed by atoms with Crippen molar-refractivity contribution < 1.29 is 23.5 Å². The van der Waals surface area contributed by atoms with Gasteiger partial charge in [-0.3, -0.25) is 9.69 Å². The Kier molecular flexibility index (Phi) is 5.00. The molecule has 2 fully saturated rings. The van der Waals surface area contributed by atoms with E-state index in [9.17, 15) is 14.0 Å². The molecule has 1 aromatic rings. The molecule has 2 aliphatic heterocycles. The van der Waals surface area contributed by atoms with E-state index in [4.69, 9.17) is 14.7 Å². The van der Waals surface area contributed by atoms with Crippen LogP contribution >= 0.6 is 0 Å². The minimum absolute atomic E-state index is 0.0307. The summed E-state index contributed by atoms with van der Waals surface area (Å²) in [6.07, 6.45) is -1.21. The SMILES string of the molecule is N#CC(=O)NC[C@H]1CN(c2ccc(N3CCOCC3)c(F)c2)C(=O)O1. The number of amides is 2. The number of benzene rings is 1. The summed E-state index contributed by atoms with van der Waals surface area (Å²) in [7, 11) is 0. The number of carbonyl (C=O) groups excluding carboxylic acids is 2. The van der Waals surface area contributed by atoms with Crippen molar-refractivity contribution in [2.24, 2.45) is 0 Å². The molecule has 25 heavy (non-hydrogen) atoms. The number of cyclic esters (lactones) is 1. The topological polar surface area (TPSA) is 94.9 Å². The molecule has 0 unspecified atom stereocenters. The van der Waals surface area contributed by atoms with Gasteiger partial charge in [0.2, 0.25) is 0 Å². The molecule has 2 saturated heterocycles. The molecule has 3 rings (SSSR count). The van der Waals surface area contributed by atoms with Crippen LogP contribution in [0.15, 0.2) is 18.2 Å². The summed E-state index contributed by atoms with van der Waals surface area (Å²) in [5.74, 6) is -1.22. The molecule has 132 valence electrons. The third-order valence-electron chi connectivity index (χ3n) is 4.06. The van der Waals surface area contributed by atoms with Gasteiger partial charge in [0.1, 0.15) is 11.9 Å². The minimum Gasteiger partial charge on any atom is -0.442 e. The maximum atomic E-state index is 14.5. The van der Waals surface area contributed by atoms with Crippen LogP contribution < -0.4 is 15.1 Å². The van der Waals surface area contributed by atoms with Crippen molar-refractivity contribution in [3.63, 3.8) is 0 Å². The van der Waals surface area contributed by atoms with Gasteiger partial charge < -0.3 is 19.7 Å². The zero-order valence-electron chi connectivity index (χ0n) is 13.4. The van der Waals surface area contributed by atoms with E-state index in [0.717, 1.165) is 0 Å². The fourth-order valence-electron chi connectivity index (χ4n) is 2.81. The molecule has 2 amide bonds. The lowest BCUT2D eigenvalue weighted by atomic mass is 10.2. The number of nitrogens with zero attached hydrogens (tertiary/aromatic N) is 3. The number of hydrogen-bond donors (Lipinski definition) is 1. The highest BCUT2D eigenvalue weighted by Crippen LogP contribution is 2.28. The van der Waals surface area contributed by atoms with E-state index in [1.165, 1.54) is 17.0 Å². The number of ether oxygens (including phenoxy) is 2. The summed E-state index contributed by atoms with van der Waals surface area (Å²) in [4.78, 5) is 26.1. The molecular weight excluding hydrogens is 331 g/mol. The Bertz CT molecular complexity index is 715. The van der Waals surface area contributed by atoms with Gasteiger partial charge in [-0.05, 0) is 18.2 Å². The summed E-state index contributed by atoms with van der Waals surface area (Å²) >= 11 is 0. The highest BCUT2D eigenvalue weighted by Gasteiger charge is 2.33. The molecule has 0 radical (unpaired) electrons. The molecule has 0 aromatic heterocycles. The largest absolute Gasteiger partial charge is 0.442 e. The van der Waals surface area contributed by atoms with Gasteiger partial charge in [0.05, 0.1) is 37.7 Å². The van der Waals surface area contributed by atoms with Gasteiger partial charge in [-0.25, -0.2) is 9.18 Å². The van der Waals surface area contributed by atoms with E-state index in [1.807, 2.05) is 4.90 Å². The maximum Gasteiger partial charge on any atom is 0.414 e. The van der Waals surface area contributed by atoms with Crippen LogP contribution in [-0.2, 0) is 14.3 Å². The number of rotatable bonds is 4. The van der Waals surface area contributed by atoms with Crippen LogP contribution in [-0.4, -0.2) is 57.5 Å². The van der Waals surface area contributed by atoms with Crippen molar-refractivity contribution in [2.75, 3.05) is 49.2 Å². The standard InChI is InChI=1S/C16H17FN4O4/c17-13-7-11(1-2-14(13)20-3-5-24-6-4-20)21-10-12(25-16(21)23)9-19-15(22)8-18/h1-2,7,12H,3-6,9-10H2,(H,19,22)/t12-/m0/s1. The van der Waals surface area contributed by atoms with Gasteiger partial charge in [0, 0.05) is 13.1 Å². The lowest BCUT2D eigenvalue weighted by Gasteiger charge is -2.29. The van der Waals surface area contributed by atoms with Crippen LogP contribution in [0.3, 0.4) is 0 Å². The number of anilines is 2. The molecule has 0 saturated carbocycles. The van der Waals surface area contributed by atoms with E-state index >= 15 is 0 Å². The highest BCUT2D eigenvalue weighted by molar-refractivity contribution is 5.92. The summed E-state index contributed by atoms with van der Waals surface area (Å²) in [5.41, 5.74) is 0.853. The van der Waals surface area contributed by atoms with E-state index in [0.29, 0.717) is 37.7 Å². The van der Waals surface area contributed by atoms with Crippen LogP contribution in [0.25, 0.3) is 0 Å².